The number of rotatable bonds is 56. The Labute approximate surface area is 498 Å². The van der Waals surface area contributed by atoms with Gasteiger partial charge in [-0.25, -0.2) is 0 Å². The van der Waals surface area contributed by atoms with E-state index in [2.05, 4.69) is 78.8 Å². The molecule has 0 radical (unpaired) electrons. The second-order valence-corrected chi connectivity index (χ2v) is 24.0. The lowest BCUT2D eigenvalue weighted by Gasteiger charge is -2.23. The van der Waals surface area contributed by atoms with Gasteiger partial charge in [0.05, 0.1) is 46.2 Å². The van der Waals surface area contributed by atoms with Crippen LogP contribution in [0.4, 0.5) is 0 Å². The summed E-state index contributed by atoms with van der Waals surface area (Å²) in [5.41, 5.74) is 0. The lowest BCUT2D eigenvalue weighted by Crippen LogP contribution is -2.08. The summed E-state index contributed by atoms with van der Waals surface area (Å²) in [7, 11) is 0. The average Bonchev–Trinajstić information content (AvgIpc) is 3.60. The molecular weight excluding hydrogens is 1000 g/mol. The van der Waals surface area contributed by atoms with Crippen LogP contribution in [-0.4, -0.2) is 46.2 Å². The van der Waals surface area contributed by atoms with Gasteiger partial charge in [-0.1, -0.05) is 273 Å². The van der Waals surface area contributed by atoms with Crippen molar-refractivity contribution in [3.05, 3.63) is 30.3 Å². The molecule has 0 fully saturated rings. The van der Waals surface area contributed by atoms with Crippen LogP contribution in [0.2, 0.25) is 0 Å². The van der Waals surface area contributed by atoms with Crippen molar-refractivity contribution in [2.45, 2.75) is 318 Å². The molecule has 7 heteroatoms. The molecule has 0 heterocycles. The van der Waals surface area contributed by atoms with E-state index in [1.54, 1.807) is 0 Å². The van der Waals surface area contributed by atoms with Crippen LogP contribution in [0, 0.1) is 0 Å². The lowest BCUT2D eigenvalue weighted by atomic mass is 9.92. The molecule has 0 aliphatic rings. The van der Waals surface area contributed by atoms with Crippen molar-refractivity contribution in [1.82, 2.24) is 0 Å². The topological polar surface area (TPSA) is 64.6 Å². The summed E-state index contributed by atoms with van der Waals surface area (Å²) in [5.74, 6) is 5.56. The number of benzene rings is 4. The van der Waals surface area contributed by atoms with Gasteiger partial charge in [-0.3, -0.25) is 0 Å². The minimum atomic E-state index is 0.605. The molecule has 0 atom stereocenters. The van der Waals surface area contributed by atoms with E-state index in [4.69, 9.17) is 33.2 Å². The monoisotopic (exact) mass is 1120 g/mol. The standard InChI is InChI=1S/C74H124O7/c1-8-15-22-29-36-43-50-75-67-57-62-63-58-69(77-52-45-38-31-24-17-10-3)70(78-53-46-39-32-25-18-11-4)60-65(63)72-66(64(62)59-68(67)76-51-44-37-30-23-16-9-2)61-71(79-54-47-40-33-26-19-12-5)73(80-55-48-41-34-27-20-13-6)74(72)81-56-49-42-35-28-21-14-7/h57-61H,8-56H2,1-7H3. The summed E-state index contributed by atoms with van der Waals surface area (Å²) < 4.78 is 49.1. The number of fused-ring (bicyclic) bond motifs is 6. The maximum atomic E-state index is 7.31. The van der Waals surface area contributed by atoms with E-state index in [1.165, 1.54) is 199 Å². The number of hydrogen-bond acceptors (Lipinski definition) is 7. The molecule has 0 bridgehead atoms. The largest absolute Gasteiger partial charge is 0.490 e. The Hall–Kier alpha value is -3.74. The summed E-state index contributed by atoms with van der Waals surface area (Å²) in [6.07, 6.45) is 50.5. The van der Waals surface area contributed by atoms with Gasteiger partial charge in [0.2, 0.25) is 5.75 Å². The van der Waals surface area contributed by atoms with Gasteiger partial charge in [0.1, 0.15) is 0 Å². The first-order valence-electron chi connectivity index (χ1n) is 35.0. The Morgan fingerprint density at radius 1 is 0.185 bits per heavy atom. The summed E-state index contributed by atoms with van der Waals surface area (Å²) in [6.45, 7) is 20.5. The average molecular weight is 1130 g/mol. The number of ether oxygens (including phenoxy) is 7. The highest BCUT2D eigenvalue weighted by Gasteiger charge is 2.26. The minimum Gasteiger partial charge on any atom is -0.490 e. The van der Waals surface area contributed by atoms with Crippen LogP contribution in [0.1, 0.15) is 318 Å². The molecule has 4 aromatic carbocycles. The molecule has 462 valence electrons. The lowest BCUT2D eigenvalue weighted by molar-refractivity contribution is 0.236. The fourth-order valence-corrected chi connectivity index (χ4v) is 11.4. The molecule has 4 rings (SSSR count). The molecule has 4 aromatic rings. The fourth-order valence-electron chi connectivity index (χ4n) is 11.4. The second kappa shape index (κ2) is 46.6. The highest BCUT2D eigenvalue weighted by molar-refractivity contribution is 6.28. The first kappa shape index (κ1) is 69.8. The zero-order chi connectivity index (χ0) is 57.6. The summed E-state index contributed by atoms with van der Waals surface area (Å²) in [5, 5.41) is 6.51. The maximum Gasteiger partial charge on any atom is 0.204 e. The maximum absolute atomic E-state index is 7.31. The van der Waals surface area contributed by atoms with Crippen molar-refractivity contribution in [3.63, 3.8) is 0 Å². The van der Waals surface area contributed by atoms with Gasteiger partial charge in [-0.05, 0) is 102 Å². The molecule has 0 saturated carbocycles. The SMILES string of the molecule is CCCCCCCCOc1cc2c3cc(OCCCCCCCC)c(OCCCCCCCC)cc3c3c(OCCCCCCCC)c(OCCCCCCCC)c(OCCCCCCCC)cc3c2cc1OCCCCCCCC. The van der Waals surface area contributed by atoms with Gasteiger partial charge in [0.15, 0.2) is 34.5 Å². The van der Waals surface area contributed by atoms with Crippen molar-refractivity contribution in [2.75, 3.05) is 46.2 Å². The van der Waals surface area contributed by atoms with E-state index in [0.717, 1.165) is 143 Å². The summed E-state index contributed by atoms with van der Waals surface area (Å²) in [6, 6.07) is 11.4. The molecule has 0 spiro atoms. The van der Waals surface area contributed by atoms with E-state index in [9.17, 15) is 0 Å². The zero-order valence-corrected chi connectivity index (χ0v) is 53.9. The third-order valence-electron chi connectivity index (χ3n) is 16.5. The second-order valence-electron chi connectivity index (χ2n) is 24.0. The van der Waals surface area contributed by atoms with E-state index >= 15 is 0 Å². The summed E-state index contributed by atoms with van der Waals surface area (Å²) in [4.78, 5) is 0. The van der Waals surface area contributed by atoms with Crippen molar-refractivity contribution in [3.8, 4) is 40.2 Å². The van der Waals surface area contributed by atoms with Crippen LogP contribution in [0.15, 0.2) is 30.3 Å². The molecule has 0 amide bonds. The Morgan fingerprint density at radius 2 is 0.370 bits per heavy atom. The van der Waals surface area contributed by atoms with E-state index < -0.39 is 0 Å². The highest BCUT2D eigenvalue weighted by atomic mass is 16.5. The van der Waals surface area contributed by atoms with E-state index in [1.807, 2.05) is 0 Å². The highest BCUT2D eigenvalue weighted by Crippen LogP contribution is 2.52. The molecule has 7 nitrogen and oxygen atoms in total. The molecule has 0 aliphatic heterocycles. The Kier molecular flexibility index (Phi) is 40.1. The smallest absolute Gasteiger partial charge is 0.204 e. The molecule has 0 aliphatic carbocycles. The zero-order valence-electron chi connectivity index (χ0n) is 53.9. The van der Waals surface area contributed by atoms with E-state index in [-0.39, 0.29) is 0 Å². The van der Waals surface area contributed by atoms with Crippen molar-refractivity contribution < 1.29 is 33.2 Å². The third-order valence-corrected chi connectivity index (χ3v) is 16.5. The normalized spacial score (nSPS) is 11.6. The van der Waals surface area contributed by atoms with Gasteiger partial charge >= 0.3 is 0 Å². The van der Waals surface area contributed by atoms with Crippen LogP contribution in [0.3, 0.4) is 0 Å². The van der Waals surface area contributed by atoms with Crippen LogP contribution >= 0.6 is 0 Å². The van der Waals surface area contributed by atoms with Crippen LogP contribution in [-0.2, 0) is 0 Å². The Balaban J connectivity index is 2.03. The van der Waals surface area contributed by atoms with Gasteiger partial charge in [0, 0.05) is 5.39 Å². The quantitative estimate of drug-likeness (QED) is 0.0322. The molecular formula is C74H124O7. The molecule has 0 unspecified atom stereocenters. The van der Waals surface area contributed by atoms with Gasteiger partial charge < -0.3 is 33.2 Å². The fraction of sp³-hybridized carbons (Fsp3) is 0.757. The predicted octanol–water partition coefficient (Wildman–Crippen LogP) is 24.3. The summed E-state index contributed by atoms with van der Waals surface area (Å²) >= 11 is 0. The molecule has 0 saturated heterocycles. The van der Waals surface area contributed by atoms with Gasteiger partial charge in [-0.2, -0.15) is 0 Å². The Bertz CT molecular complexity index is 2100. The van der Waals surface area contributed by atoms with Crippen LogP contribution < -0.4 is 33.2 Å². The first-order chi connectivity index (χ1) is 40.1. The third kappa shape index (κ3) is 27.7. The van der Waals surface area contributed by atoms with E-state index in [0.29, 0.717) is 46.2 Å². The van der Waals surface area contributed by atoms with Gasteiger partial charge in [0.25, 0.3) is 0 Å². The van der Waals surface area contributed by atoms with Crippen LogP contribution in [0.5, 0.6) is 40.2 Å². The predicted molar refractivity (Wildman–Crippen MR) is 351 cm³/mol. The van der Waals surface area contributed by atoms with Crippen molar-refractivity contribution in [1.29, 1.82) is 0 Å². The minimum absolute atomic E-state index is 0.605. The van der Waals surface area contributed by atoms with Crippen molar-refractivity contribution >= 4 is 32.3 Å². The number of unbranched alkanes of at least 4 members (excludes halogenated alkanes) is 35. The molecule has 0 N–H and O–H groups in total. The van der Waals surface area contributed by atoms with Crippen LogP contribution in [0.25, 0.3) is 32.3 Å². The molecule has 0 aromatic heterocycles. The molecule has 81 heavy (non-hydrogen) atoms. The first-order valence-corrected chi connectivity index (χ1v) is 35.0. The van der Waals surface area contributed by atoms with Crippen molar-refractivity contribution in [2.24, 2.45) is 0 Å². The Morgan fingerprint density at radius 3 is 0.642 bits per heavy atom. The van der Waals surface area contributed by atoms with Gasteiger partial charge in [-0.15, -0.1) is 0 Å². The number of hydrogen-bond donors (Lipinski definition) is 0.